The van der Waals surface area contributed by atoms with Gasteiger partial charge >= 0.3 is 17.9 Å². The molecule has 10 heteroatoms. The number of carbonyl (C=O) groups excluding carboxylic acids is 3. The maximum atomic E-state index is 12.6. The van der Waals surface area contributed by atoms with Crippen molar-refractivity contribution in [3.05, 3.63) is 29.3 Å². The zero-order valence-corrected chi connectivity index (χ0v) is 21.2. The number of allylic oxidation sites excluding steroid dienone is 1. The van der Waals surface area contributed by atoms with Crippen LogP contribution in [0.2, 0.25) is 0 Å². The fourth-order valence-corrected chi connectivity index (χ4v) is 3.23. The first-order valence-corrected chi connectivity index (χ1v) is 11.4. The number of hydrogen-bond acceptors (Lipinski definition) is 10. The standard InChI is InChI=1S/C25H34O10/c1-8-14(4)24(28)35-22(17-10-18(30-7)23-19(11-17)31-12-32-23)16(6)34-25(29)21(27)15(5)33-20(26)9-13(2)3/h8,10-11,13,15-16,21-22,27H,9,12H2,1-7H3/b14-8+/t15?,16-,21?,22+/m1/s1. The van der Waals surface area contributed by atoms with Gasteiger partial charge in [0, 0.05) is 17.6 Å². The second-order valence-electron chi connectivity index (χ2n) is 8.63. The van der Waals surface area contributed by atoms with Crippen LogP contribution >= 0.6 is 0 Å². The monoisotopic (exact) mass is 494 g/mol. The molecule has 194 valence electrons. The third kappa shape index (κ3) is 7.35. The topological polar surface area (TPSA) is 127 Å². The molecule has 0 spiro atoms. The summed E-state index contributed by atoms with van der Waals surface area (Å²) in [6.07, 6.45) is -3.22. The molecule has 2 rings (SSSR count). The summed E-state index contributed by atoms with van der Waals surface area (Å²) < 4.78 is 32.4. The van der Waals surface area contributed by atoms with E-state index in [1.165, 1.54) is 21.0 Å². The molecule has 4 atom stereocenters. The summed E-state index contributed by atoms with van der Waals surface area (Å²) in [6.45, 7) is 9.89. The molecule has 0 amide bonds. The van der Waals surface area contributed by atoms with Gasteiger partial charge in [-0.25, -0.2) is 9.59 Å². The number of fused-ring (bicyclic) bond motifs is 1. The van der Waals surface area contributed by atoms with E-state index in [-0.39, 0.29) is 19.1 Å². The lowest BCUT2D eigenvalue weighted by Gasteiger charge is -2.27. The Morgan fingerprint density at radius 3 is 2.34 bits per heavy atom. The Kier molecular flexibility index (Phi) is 9.94. The first-order chi connectivity index (χ1) is 16.5. The summed E-state index contributed by atoms with van der Waals surface area (Å²) in [5.41, 5.74) is 0.779. The highest BCUT2D eigenvalue weighted by atomic mass is 16.7. The predicted octanol–water partition coefficient (Wildman–Crippen LogP) is 3.24. The van der Waals surface area contributed by atoms with Crippen molar-refractivity contribution >= 4 is 17.9 Å². The number of methoxy groups -OCH3 is 1. The SMILES string of the molecule is C/C=C(\C)C(=O)O[C@H](c1cc(OC)c2c(c1)OCO2)[C@@H](C)OC(=O)C(O)C(C)OC(=O)CC(C)C. The Balaban J connectivity index is 2.24. The fraction of sp³-hybridized carbons (Fsp3) is 0.560. The minimum Gasteiger partial charge on any atom is -0.493 e. The van der Waals surface area contributed by atoms with Crippen molar-refractivity contribution in [3.63, 3.8) is 0 Å². The average Bonchev–Trinajstić information content (AvgIpc) is 3.28. The smallest absolute Gasteiger partial charge is 0.339 e. The summed E-state index contributed by atoms with van der Waals surface area (Å²) in [5, 5.41) is 10.4. The molecule has 1 aliphatic rings. The average molecular weight is 495 g/mol. The van der Waals surface area contributed by atoms with Crippen LogP contribution in [0, 0.1) is 5.92 Å². The van der Waals surface area contributed by atoms with Gasteiger partial charge in [0.2, 0.25) is 12.5 Å². The van der Waals surface area contributed by atoms with Gasteiger partial charge in [-0.1, -0.05) is 19.9 Å². The van der Waals surface area contributed by atoms with Crippen LogP contribution in [0.3, 0.4) is 0 Å². The number of hydrogen-bond donors (Lipinski definition) is 1. The Morgan fingerprint density at radius 1 is 1.06 bits per heavy atom. The van der Waals surface area contributed by atoms with Crippen molar-refractivity contribution in [2.45, 2.75) is 72.4 Å². The molecule has 0 aliphatic carbocycles. The second kappa shape index (κ2) is 12.4. The molecule has 1 aliphatic heterocycles. The predicted molar refractivity (Wildman–Crippen MR) is 124 cm³/mol. The highest BCUT2D eigenvalue weighted by Gasteiger charge is 2.34. The Bertz CT molecular complexity index is 952. The molecular weight excluding hydrogens is 460 g/mol. The van der Waals surface area contributed by atoms with E-state index >= 15 is 0 Å². The van der Waals surface area contributed by atoms with E-state index in [4.69, 9.17) is 28.4 Å². The Morgan fingerprint density at radius 2 is 1.74 bits per heavy atom. The summed E-state index contributed by atoms with van der Waals surface area (Å²) >= 11 is 0. The van der Waals surface area contributed by atoms with E-state index in [0.717, 1.165) is 0 Å². The second-order valence-corrected chi connectivity index (χ2v) is 8.63. The molecule has 0 bridgehead atoms. The number of esters is 3. The first-order valence-electron chi connectivity index (χ1n) is 11.4. The lowest BCUT2D eigenvalue weighted by molar-refractivity contribution is -0.179. The molecule has 0 saturated carbocycles. The summed E-state index contributed by atoms with van der Waals surface area (Å²) in [4.78, 5) is 37.1. The van der Waals surface area contributed by atoms with Crippen LogP contribution in [0.5, 0.6) is 17.2 Å². The van der Waals surface area contributed by atoms with Crippen LogP contribution in [0.4, 0.5) is 0 Å². The van der Waals surface area contributed by atoms with Crippen LogP contribution in [0.25, 0.3) is 0 Å². The number of benzene rings is 1. The molecule has 0 aromatic heterocycles. The lowest BCUT2D eigenvalue weighted by Crippen LogP contribution is -2.39. The zero-order valence-electron chi connectivity index (χ0n) is 21.2. The molecular formula is C25H34O10. The molecule has 35 heavy (non-hydrogen) atoms. The molecule has 0 saturated heterocycles. The highest BCUT2D eigenvalue weighted by molar-refractivity contribution is 5.88. The minimum atomic E-state index is -1.73. The molecule has 1 aromatic rings. The van der Waals surface area contributed by atoms with Crippen molar-refractivity contribution in [2.75, 3.05) is 13.9 Å². The maximum Gasteiger partial charge on any atom is 0.339 e. The van der Waals surface area contributed by atoms with Gasteiger partial charge < -0.3 is 33.5 Å². The van der Waals surface area contributed by atoms with Crippen molar-refractivity contribution in [1.82, 2.24) is 0 Å². The van der Waals surface area contributed by atoms with E-state index in [1.807, 2.05) is 13.8 Å². The molecule has 2 unspecified atom stereocenters. The highest BCUT2D eigenvalue weighted by Crippen LogP contribution is 2.44. The lowest BCUT2D eigenvalue weighted by atomic mass is 10.0. The summed E-state index contributed by atoms with van der Waals surface area (Å²) in [6, 6.07) is 3.19. The van der Waals surface area contributed by atoms with E-state index in [2.05, 4.69) is 0 Å². The van der Waals surface area contributed by atoms with Crippen LogP contribution in [-0.4, -0.2) is 55.2 Å². The number of aliphatic hydroxyl groups excluding tert-OH is 1. The Labute approximate surface area is 205 Å². The Hall–Kier alpha value is -3.27. The van der Waals surface area contributed by atoms with Gasteiger partial charge in [-0.2, -0.15) is 0 Å². The molecule has 0 fully saturated rings. The summed E-state index contributed by atoms with van der Waals surface area (Å²) in [7, 11) is 1.45. The third-order valence-electron chi connectivity index (χ3n) is 5.31. The van der Waals surface area contributed by atoms with Crippen LogP contribution < -0.4 is 14.2 Å². The van der Waals surface area contributed by atoms with Crippen molar-refractivity contribution in [3.8, 4) is 17.2 Å². The minimum absolute atomic E-state index is 0.00142. The molecule has 1 N–H and O–H groups in total. The van der Waals surface area contributed by atoms with Crippen LogP contribution in [0.15, 0.2) is 23.8 Å². The van der Waals surface area contributed by atoms with Gasteiger partial charge in [0.25, 0.3) is 0 Å². The number of rotatable bonds is 11. The normalized spacial score (nSPS) is 16.2. The quantitative estimate of drug-likeness (QED) is 0.278. The maximum absolute atomic E-state index is 12.6. The van der Waals surface area contributed by atoms with Gasteiger partial charge in [0.05, 0.1) is 7.11 Å². The van der Waals surface area contributed by atoms with Gasteiger partial charge in [-0.3, -0.25) is 4.79 Å². The van der Waals surface area contributed by atoms with Gasteiger partial charge in [-0.15, -0.1) is 0 Å². The van der Waals surface area contributed by atoms with Crippen molar-refractivity contribution in [2.24, 2.45) is 5.92 Å². The van der Waals surface area contributed by atoms with Crippen molar-refractivity contribution < 1.29 is 47.9 Å². The van der Waals surface area contributed by atoms with E-state index in [1.54, 1.807) is 32.1 Å². The van der Waals surface area contributed by atoms with Crippen molar-refractivity contribution in [1.29, 1.82) is 0 Å². The van der Waals surface area contributed by atoms with E-state index in [0.29, 0.717) is 28.4 Å². The molecule has 10 nitrogen and oxygen atoms in total. The zero-order chi connectivity index (χ0) is 26.3. The van der Waals surface area contributed by atoms with Gasteiger partial charge in [0.1, 0.15) is 12.2 Å². The largest absolute Gasteiger partial charge is 0.493 e. The number of aliphatic hydroxyl groups is 1. The van der Waals surface area contributed by atoms with Crippen LogP contribution in [-0.2, 0) is 28.6 Å². The number of ether oxygens (including phenoxy) is 6. The molecule has 1 heterocycles. The first kappa shape index (κ1) is 28.0. The van der Waals surface area contributed by atoms with Crippen LogP contribution in [0.1, 0.15) is 59.6 Å². The van der Waals surface area contributed by atoms with E-state index < -0.39 is 42.3 Å². The number of carbonyl (C=O) groups is 3. The molecule has 1 aromatic carbocycles. The van der Waals surface area contributed by atoms with Gasteiger partial charge in [-0.05, 0) is 45.7 Å². The van der Waals surface area contributed by atoms with Gasteiger partial charge in [0.15, 0.2) is 23.7 Å². The summed E-state index contributed by atoms with van der Waals surface area (Å²) in [5.74, 6) is -0.979. The van der Waals surface area contributed by atoms with E-state index in [9.17, 15) is 19.5 Å². The fourth-order valence-electron chi connectivity index (χ4n) is 3.23. The third-order valence-corrected chi connectivity index (χ3v) is 5.31. The molecule has 0 radical (unpaired) electrons.